The highest BCUT2D eigenvalue weighted by molar-refractivity contribution is 5.54. The molecule has 0 aromatic heterocycles. The first-order chi connectivity index (χ1) is 15.0. The second-order valence-corrected chi connectivity index (χ2v) is 8.20. The number of ether oxygens (including phenoxy) is 1. The number of nitrogens with zero attached hydrogens (tertiary/aromatic N) is 1. The zero-order valence-corrected chi connectivity index (χ0v) is 17.8. The van der Waals surface area contributed by atoms with Gasteiger partial charge in [-0.15, -0.1) is 0 Å². The molecule has 1 unspecified atom stereocenters. The Morgan fingerprint density at radius 1 is 1.26 bits per heavy atom. The molecule has 0 aliphatic carbocycles. The van der Waals surface area contributed by atoms with Gasteiger partial charge in [-0.2, -0.15) is 0 Å². The van der Waals surface area contributed by atoms with Crippen LogP contribution in [0.1, 0.15) is 36.1 Å². The zero-order chi connectivity index (χ0) is 22.3. The van der Waals surface area contributed by atoms with E-state index in [2.05, 4.69) is 11.4 Å². The van der Waals surface area contributed by atoms with Crippen molar-refractivity contribution in [3.63, 3.8) is 0 Å². The van der Waals surface area contributed by atoms with Gasteiger partial charge < -0.3 is 25.2 Å². The Hall–Kier alpha value is -2.32. The first-order valence-corrected chi connectivity index (χ1v) is 10.7. The largest absolute Gasteiger partial charge is 0.395 e. The van der Waals surface area contributed by atoms with E-state index >= 15 is 0 Å². The van der Waals surface area contributed by atoms with Crippen molar-refractivity contribution in [3.05, 3.63) is 71.0 Å². The quantitative estimate of drug-likeness (QED) is 0.483. The number of aliphatic hydroxyl groups excluding tert-OH is 1. The third-order valence-electron chi connectivity index (χ3n) is 5.69. The lowest BCUT2D eigenvalue weighted by atomic mass is 9.88. The van der Waals surface area contributed by atoms with Crippen LogP contribution in [0.3, 0.4) is 0 Å². The molecule has 7 heteroatoms. The van der Waals surface area contributed by atoms with E-state index in [9.17, 15) is 14.3 Å². The van der Waals surface area contributed by atoms with E-state index < -0.39 is 5.60 Å². The summed E-state index contributed by atoms with van der Waals surface area (Å²) in [5.74, 6) is -0.259. The Balaban J connectivity index is 0.000000196. The predicted molar refractivity (Wildman–Crippen MR) is 116 cm³/mol. The molecule has 1 saturated heterocycles. The third-order valence-corrected chi connectivity index (χ3v) is 5.69. The fourth-order valence-corrected chi connectivity index (χ4v) is 4.19. The van der Waals surface area contributed by atoms with Crippen LogP contribution in [0.2, 0.25) is 0 Å². The van der Waals surface area contributed by atoms with Crippen molar-refractivity contribution in [2.24, 2.45) is 0 Å². The normalized spacial score (nSPS) is 24.8. The number of nitrogens with one attached hydrogen (secondary N) is 1. The first kappa shape index (κ1) is 23.3. The molecular formula is C24H31FN2O4. The molecule has 31 heavy (non-hydrogen) atoms. The maximum Gasteiger partial charge on any atom is 0.210 e. The van der Waals surface area contributed by atoms with E-state index in [0.29, 0.717) is 32.7 Å². The fraction of sp³-hybridized carbons (Fsp3) is 0.458. The molecule has 0 spiro atoms. The van der Waals surface area contributed by atoms with Crippen molar-refractivity contribution in [3.8, 4) is 0 Å². The monoisotopic (exact) mass is 430 g/mol. The van der Waals surface area contributed by atoms with Crippen LogP contribution >= 0.6 is 0 Å². The molecule has 1 fully saturated rings. The van der Waals surface area contributed by atoms with Crippen LogP contribution in [-0.2, 0) is 16.0 Å². The smallest absolute Gasteiger partial charge is 0.210 e. The van der Waals surface area contributed by atoms with Gasteiger partial charge >= 0.3 is 0 Å². The number of fused-ring (bicyclic) bond motifs is 1. The molecule has 0 bridgehead atoms. The van der Waals surface area contributed by atoms with Gasteiger partial charge in [0.2, 0.25) is 6.41 Å². The van der Waals surface area contributed by atoms with Crippen molar-refractivity contribution in [2.75, 3.05) is 32.8 Å². The van der Waals surface area contributed by atoms with Gasteiger partial charge in [-0.3, -0.25) is 4.79 Å². The molecule has 1 amide bonds. The highest BCUT2D eigenvalue weighted by Crippen LogP contribution is 2.34. The summed E-state index contributed by atoms with van der Waals surface area (Å²) in [4.78, 5) is 13.0. The number of rotatable bonds is 6. The Kier molecular flexibility index (Phi) is 8.15. The van der Waals surface area contributed by atoms with Gasteiger partial charge in [-0.25, -0.2) is 4.39 Å². The van der Waals surface area contributed by atoms with E-state index in [4.69, 9.17) is 9.84 Å². The maximum atomic E-state index is 13.0. The van der Waals surface area contributed by atoms with Crippen LogP contribution in [0.4, 0.5) is 4.39 Å². The minimum Gasteiger partial charge on any atom is -0.395 e. The molecule has 2 heterocycles. The lowest BCUT2D eigenvalue weighted by Gasteiger charge is -2.35. The van der Waals surface area contributed by atoms with Crippen LogP contribution in [-0.4, -0.2) is 66.1 Å². The number of benzene rings is 2. The van der Waals surface area contributed by atoms with Gasteiger partial charge in [-0.05, 0) is 42.2 Å². The van der Waals surface area contributed by atoms with Crippen molar-refractivity contribution in [1.82, 2.24) is 10.2 Å². The molecule has 2 aromatic rings. The van der Waals surface area contributed by atoms with Crippen molar-refractivity contribution >= 4 is 6.41 Å². The molecule has 6 nitrogen and oxygen atoms in total. The van der Waals surface area contributed by atoms with Crippen LogP contribution in [0.25, 0.3) is 0 Å². The molecule has 0 saturated carbocycles. The van der Waals surface area contributed by atoms with E-state index in [1.165, 1.54) is 17.7 Å². The summed E-state index contributed by atoms with van der Waals surface area (Å²) < 4.78 is 18.3. The summed E-state index contributed by atoms with van der Waals surface area (Å²) in [5.41, 5.74) is 2.61. The number of hydrogen-bond donors (Lipinski definition) is 3. The van der Waals surface area contributed by atoms with Gasteiger partial charge in [0.1, 0.15) is 11.4 Å². The summed E-state index contributed by atoms with van der Waals surface area (Å²) in [7, 11) is 0. The van der Waals surface area contributed by atoms with E-state index in [1.54, 1.807) is 17.0 Å². The molecule has 0 radical (unpaired) electrons. The lowest BCUT2D eigenvalue weighted by molar-refractivity contribution is -0.119. The van der Waals surface area contributed by atoms with Crippen molar-refractivity contribution < 1.29 is 24.1 Å². The van der Waals surface area contributed by atoms with E-state index in [1.807, 2.05) is 25.1 Å². The topological polar surface area (TPSA) is 82.0 Å². The second-order valence-electron chi connectivity index (χ2n) is 8.20. The summed E-state index contributed by atoms with van der Waals surface area (Å²) in [5, 5.41) is 21.3. The number of hydrogen-bond acceptors (Lipinski definition) is 5. The summed E-state index contributed by atoms with van der Waals surface area (Å²) >= 11 is 0. The first-order valence-electron chi connectivity index (χ1n) is 10.7. The summed E-state index contributed by atoms with van der Waals surface area (Å²) in [6.07, 6.45) is 2.56. The zero-order valence-electron chi connectivity index (χ0n) is 17.8. The highest BCUT2D eigenvalue weighted by atomic mass is 19.1. The van der Waals surface area contributed by atoms with Gasteiger partial charge in [-0.1, -0.05) is 36.4 Å². The van der Waals surface area contributed by atoms with Crippen molar-refractivity contribution in [2.45, 2.75) is 37.5 Å². The molecule has 4 rings (SSSR count). The second kappa shape index (κ2) is 10.8. The SMILES string of the molecule is CC1C[C@@](O)(CNCCO)CO1.O=CN1CCc2ccccc2[C@@H]1c1ccc(F)cc1. The van der Waals surface area contributed by atoms with Crippen molar-refractivity contribution in [1.29, 1.82) is 0 Å². The third kappa shape index (κ3) is 6.11. The van der Waals surface area contributed by atoms with Gasteiger partial charge in [0.05, 0.1) is 25.4 Å². The van der Waals surface area contributed by atoms with Gasteiger partial charge in [0, 0.05) is 26.1 Å². The number of carbonyl (C=O) groups is 1. The molecular weight excluding hydrogens is 399 g/mol. The van der Waals surface area contributed by atoms with E-state index in [0.717, 1.165) is 24.0 Å². The summed E-state index contributed by atoms with van der Waals surface area (Å²) in [6.45, 7) is 4.17. The Labute approximate surface area is 182 Å². The summed E-state index contributed by atoms with van der Waals surface area (Å²) in [6, 6.07) is 14.4. The Morgan fingerprint density at radius 2 is 2.00 bits per heavy atom. The predicted octanol–water partition coefficient (Wildman–Crippen LogP) is 2.04. The standard InChI is InChI=1S/C16H14FNO.C8H17NO3/c17-14-7-5-13(6-8-14)16-15-4-2-1-3-12(15)9-10-18(16)11-19;1-7-4-8(11,6-12-7)5-9-2-3-10/h1-8,11,16H,9-10H2;7,9-11H,2-6H2,1H3/t16-;7?,8-/m01/s1. The molecule has 3 N–H and O–H groups in total. The fourth-order valence-electron chi connectivity index (χ4n) is 4.19. The van der Waals surface area contributed by atoms with Crippen LogP contribution in [0, 0.1) is 5.82 Å². The van der Waals surface area contributed by atoms with Crippen LogP contribution in [0.5, 0.6) is 0 Å². The average Bonchev–Trinajstić information content (AvgIpc) is 3.13. The molecule has 2 aliphatic rings. The molecule has 168 valence electrons. The van der Waals surface area contributed by atoms with E-state index in [-0.39, 0.29) is 24.6 Å². The van der Waals surface area contributed by atoms with Crippen LogP contribution in [0.15, 0.2) is 48.5 Å². The maximum absolute atomic E-state index is 13.0. The number of aliphatic hydroxyl groups is 2. The number of carbonyl (C=O) groups excluding carboxylic acids is 1. The molecule has 2 aromatic carbocycles. The van der Waals surface area contributed by atoms with Crippen LogP contribution < -0.4 is 5.32 Å². The number of halogens is 1. The minimum atomic E-state index is -0.728. The Bertz CT molecular complexity index is 848. The molecule has 2 aliphatic heterocycles. The van der Waals surface area contributed by atoms with Gasteiger partial charge in [0.25, 0.3) is 0 Å². The number of amides is 1. The highest BCUT2D eigenvalue weighted by Gasteiger charge is 2.35. The average molecular weight is 431 g/mol. The lowest BCUT2D eigenvalue weighted by Crippen LogP contribution is -2.42. The Morgan fingerprint density at radius 3 is 2.65 bits per heavy atom. The molecule has 3 atom stereocenters. The minimum absolute atomic E-state index is 0.104. The van der Waals surface area contributed by atoms with Gasteiger partial charge in [0.15, 0.2) is 0 Å².